The molecule has 2 heterocycles. The monoisotopic (exact) mass is 498 g/mol. The summed E-state index contributed by atoms with van der Waals surface area (Å²) >= 11 is 4.83. The number of nitrogens with zero attached hydrogens (tertiary/aromatic N) is 1. The van der Waals surface area contributed by atoms with E-state index in [4.69, 9.17) is 9.15 Å². The molecule has 9 heteroatoms. The van der Waals surface area contributed by atoms with Gasteiger partial charge in [-0.1, -0.05) is 30.0 Å². The Morgan fingerprint density at radius 3 is 2.45 bits per heavy atom. The van der Waals surface area contributed by atoms with Crippen LogP contribution in [0.2, 0.25) is 0 Å². The predicted molar refractivity (Wildman–Crippen MR) is 119 cm³/mol. The Bertz CT molecular complexity index is 1190. The molecule has 1 aliphatic rings. The molecule has 4 rings (SSSR count). The lowest BCUT2D eigenvalue weighted by Crippen LogP contribution is -2.54. The topological polar surface area (TPSA) is 88.8 Å². The average molecular weight is 499 g/mol. The van der Waals surface area contributed by atoms with E-state index in [0.717, 1.165) is 9.80 Å². The third-order valence-electron chi connectivity index (χ3n) is 4.35. The first-order valence-electron chi connectivity index (χ1n) is 9.04. The zero-order valence-electron chi connectivity index (χ0n) is 16.1. The summed E-state index contributed by atoms with van der Waals surface area (Å²) in [6.45, 7) is 0. The number of barbiturate groups is 1. The molecule has 1 aromatic heterocycles. The van der Waals surface area contributed by atoms with Crippen molar-refractivity contribution in [3.63, 3.8) is 0 Å². The van der Waals surface area contributed by atoms with Gasteiger partial charge < -0.3 is 9.15 Å². The first-order chi connectivity index (χ1) is 15.0. The lowest BCUT2D eigenvalue weighted by Gasteiger charge is -2.26. The molecule has 1 fully saturated rings. The number of benzene rings is 2. The molecule has 0 radical (unpaired) electrons. The van der Waals surface area contributed by atoms with E-state index < -0.39 is 17.8 Å². The normalized spacial score (nSPS) is 15.4. The van der Waals surface area contributed by atoms with Crippen molar-refractivity contribution >= 4 is 57.3 Å². The highest BCUT2D eigenvalue weighted by atomic mass is 79.9. The van der Waals surface area contributed by atoms with Gasteiger partial charge in [0.25, 0.3) is 11.8 Å². The molecule has 0 atom stereocenters. The molecule has 31 heavy (non-hydrogen) atoms. The molecular weight excluding hydrogens is 484 g/mol. The molecule has 3 aromatic rings. The van der Waals surface area contributed by atoms with Gasteiger partial charge in [-0.15, -0.1) is 0 Å². The number of urea groups is 1. The molecule has 1 aliphatic heterocycles. The molecule has 1 N–H and O–H groups in total. The maximum Gasteiger partial charge on any atom is 0.335 e. The minimum absolute atomic E-state index is 0.215. The quantitative estimate of drug-likeness (QED) is 0.398. The van der Waals surface area contributed by atoms with Crippen molar-refractivity contribution in [1.82, 2.24) is 5.32 Å². The Morgan fingerprint density at radius 1 is 1.06 bits per heavy atom. The van der Waals surface area contributed by atoms with Crippen molar-refractivity contribution < 1.29 is 23.5 Å². The Kier molecular flexibility index (Phi) is 5.97. The maximum atomic E-state index is 13.0. The third-order valence-corrected chi connectivity index (χ3v) is 6.20. The molecule has 0 saturated carbocycles. The predicted octanol–water partition coefficient (Wildman–Crippen LogP) is 4.87. The van der Waals surface area contributed by atoms with Crippen LogP contribution in [0.5, 0.6) is 5.75 Å². The molecule has 0 aliphatic carbocycles. The highest BCUT2D eigenvalue weighted by molar-refractivity contribution is 9.10. The van der Waals surface area contributed by atoms with Gasteiger partial charge in [-0.25, -0.2) is 9.69 Å². The minimum Gasteiger partial charge on any atom is -0.497 e. The fraction of sp³-hybridized carbons (Fsp3) is 0.0455. The minimum atomic E-state index is -0.821. The first-order valence-corrected chi connectivity index (χ1v) is 10.6. The number of nitrogens with one attached hydrogen (secondary N) is 1. The Labute approximate surface area is 190 Å². The van der Waals surface area contributed by atoms with Gasteiger partial charge in [0.05, 0.1) is 17.3 Å². The van der Waals surface area contributed by atoms with Gasteiger partial charge in [0.1, 0.15) is 17.1 Å². The summed E-state index contributed by atoms with van der Waals surface area (Å²) in [7, 11) is 1.51. The smallest absolute Gasteiger partial charge is 0.335 e. The van der Waals surface area contributed by atoms with Gasteiger partial charge >= 0.3 is 6.03 Å². The number of carbonyl (C=O) groups excluding carboxylic acids is 3. The fourth-order valence-electron chi connectivity index (χ4n) is 2.87. The van der Waals surface area contributed by atoms with Gasteiger partial charge in [-0.3, -0.25) is 14.9 Å². The van der Waals surface area contributed by atoms with Crippen LogP contribution < -0.4 is 15.0 Å². The van der Waals surface area contributed by atoms with Crippen LogP contribution in [-0.2, 0) is 9.59 Å². The van der Waals surface area contributed by atoms with Crippen LogP contribution in [0.25, 0.3) is 6.08 Å². The number of halogens is 1. The Morgan fingerprint density at radius 2 is 1.77 bits per heavy atom. The van der Waals surface area contributed by atoms with Crippen molar-refractivity contribution in [2.75, 3.05) is 12.0 Å². The maximum absolute atomic E-state index is 13.0. The van der Waals surface area contributed by atoms with Crippen molar-refractivity contribution in [3.05, 3.63) is 76.5 Å². The van der Waals surface area contributed by atoms with E-state index in [0.29, 0.717) is 26.8 Å². The number of methoxy groups -OCH3 is 1. The molecule has 156 valence electrons. The number of hydrogen-bond donors (Lipinski definition) is 1. The van der Waals surface area contributed by atoms with Crippen molar-refractivity contribution in [1.29, 1.82) is 0 Å². The summed E-state index contributed by atoms with van der Waals surface area (Å²) in [5.41, 5.74) is 0.0931. The van der Waals surface area contributed by atoms with Gasteiger partial charge in [0.2, 0.25) is 0 Å². The summed E-state index contributed by atoms with van der Waals surface area (Å²) in [4.78, 5) is 39.5. The van der Waals surface area contributed by atoms with Crippen LogP contribution in [0.1, 0.15) is 5.76 Å². The second kappa shape index (κ2) is 8.83. The standard InChI is InChI=1S/C22H15BrN2O5S/c1-29-14-9-7-13(8-10-14)25-20(27)17(19(26)24-22(25)28)11-15-12-18(23)21(30-15)31-16-5-3-2-4-6-16/h2-12H,1H3,(H,24,26,28)/b17-11+. The number of hydrogen-bond acceptors (Lipinski definition) is 6. The highest BCUT2D eigenvalue weighted by Gasteiger charge is 2.37. The number of amides is 4. The Balaban J connectivity index is 1.63. The summed E-state index contributed by atoms with van der Waals surface area (Å²) < 4.78 is 11.6. The van der Waals surface area contributed by atoms with E-state index in [1.165, 1.54) is 24.9 Å². The zero-order valence-corrected chi connectivity index (χ0v) is 18.5. The second-order valence-electron chi connectivity index (χ2n) is 6.36. The molecule has 4 amide bonds. The highest BCUT2D eigenvalue weighted by Crippen LogP contribution is 2.36. The largest absolute Gasteiger partial charge is 0.497 e. The SMILES string of the molecule is COc1ccc(N2C(=O)NC(=O)/C(=C\c3cc(Br)c(Sc4ccccc4)o3)C2=O)cc1. The second-order valence-corrected chi connectivity index (χ2v) is 8.26. The Hall–Kier alpha value is -3.30. The van der Waals surface area contributed by atoms with E-state index in [2.05, 4.69) is 21.2 Å². The lowest BCUT2D eigenvalue weighted by atomic mass is 10.1. The average Bonchev–Trinajstić information content (AvgIpc) is 3.11. The van der Waals surface area contributed by atoms with Gasteiger partial charge in [0.15, 0.2) is 5.09 Å². The van der Waals surface area contributed by atoms with Crippen LogP contribution in [0.15, 0.2) is 85.1 Å². The number of anilines is 1. The van der Waals surface area contributed by atoms with E-state index in [9.17, 15) is 14.4 Å². The third kappa shape index (κ3) is 4.42. The molecule has 0 unspecified atom stereocenters. The summed E-state index contributed by atoms with van der Waals surface area (Å²) in [5, 5.41) is 2.76. The van der Waals surface area contributed by atoms with Crippen LogP contribution in [0.4, 0.5) is 10.5 Å². The van der Waals surface area contributed by atoms with Crippen LogP contribution in [-0.4, -0.2) is 25.0 Å². The number of ether oxygens (including phenoxy) is 1. The van der Waals surface area contributed by atoms with Gasteiger partial charge in [0, 0.05) is 4.90 Å². The summed E-state index contributed by atoms with van der Waals surface area (Å²) in [6.07, 6.45) is 1.32. The van der Waals surface area contributed by atoms with Crippen LogP contribution in [0.3, 0.4) is 0 Å². The number of rotatable bonds is 5. The summed E-state index contributed by atoms with van der Waals surface area (Å²) in [6, 6.07) is 16.8. The zero-order chi connectivity index (χ0) is 22.0. The first kappa shape index (κ1) is 21.0. The molecule has 0 spiro atoms. The molecule has 2 aromatic carbocycles. The van der Waals surface area contributed by atoms with Crippen molar-refractivity contribution in [2.24, 2.45) is 0 Å². The fourth-order valence-corrected chi connectivity index (χ4v) is 4.22. The number of furan rings is 1. The number of carbonyl (C=O) groups is 3. The van der Waals surface area contributed by atoms with E-state index in [-0.39, 0.29) is 5.57 Å². The van der Waals surface area contributed by atoms with E-state index in [1.807, 2.05) is 30.3 Å². The van der Waals surface area contributed by atoms with Crippen LogP contribution >= 0.6 is 27.7 Å². The summed E-state index contributed by atoms with van der Waals surface area (Å²) in [5.74, 6) is -0.662. The van der Waals surface area contributed by atoms with E-state index >= 15 is 0 Å². The van der Waals surface area contributed by atoms with Crippen molar-refractivity contribution in [2.45, 2.75) is 9.99 Å². The molecule has 0 bridgehead atoms. The molecule has 7 nitrogen and oxygen atoms in total. The molecular formula is C22H15BrN2O5S. The van der Waals surface area contributed by atoms with E-state index in [1.54, 1.807) is 30.3 Å². The lowest BCUT2D eigenvalue weighted by molar-refractivity contribution is -0.122. The van der Waals surface area contributed by atoms with Gasteiger partial charge in [-0.05, 0) is 64.5 Å². The van der Waals surface area contributed by atoms with Crippen molar-refractivity contribution in [3.8, 4) is 5.75 Å². The van der Waals surface area contributed by atoms with Gasteiger partial charge in [-0.2, -0.15) is 0 Å². The number of imide groups is 2. The van der Waals surface area contributed by atoms with Crippen LogP contribution in [0, 0.1) is 0 Å². The molecule has 1 saturated heterocycles.